The van der Waals surface area contributed by atoms with Gasteiger partial charge in [-0.2, -0.15) is 0 Å². The molecule has 2 aromatic rings. The smallest absolute Gasteiger partial charge is 0.305 e. The van der Waals surface area contributed by atoms with Gasteiger partial charge in [0.05, 0.1) is 17.5 Å². The highest BCUT2D eigenvalue weighted by molar-refractivity contribution is 6.05. The van der Waals surface area contributed by atoms with E-state index in [1.165, 1.54) is 0 Å². The van der Waals surface area contributed by atoms with E-state index in [4.69, 9.17) is 5.11 Å². The number of aliphatic carboxylic acids is 1. The third kappa shape index (κ3) is 3.02. The third-order valence-electron chi connectivity index (χ3n) is 3.78. The highest BCUT2D eigenvalue weighted by Crippen LogP contribution is 2.34. The molecule has 21 heavy (non-hydrogen) atoms. The Labute approximate surface area is 122 Å². The Kier molecular flexibility index (Phi) is 3.56. The summed E-state index contributed by atoms with van der Waals surface area (Å²) in [5, 5.41) is 12.7. The predicted octanol–water partition coefficient (Wildman–Crippen LogP) is 2.22. The van der Waals surface area contributed by atoms with Gasteiger partial charge in [0, 0.05) is 17.6 Å². The Morgan fingerprint density at radius 1 is 1.29 bits per heavy atom. The van der Waals surface area contributed by atoms with E-state index in [1.54, 1.807) is 12.3 Å². The van der Waals surface area contributed by atoms with Crippen LogP contribution in [0, 0.1) is 5.92 Å². The SMILES string of the molecule is O=C(O)CC(NC(=O)c1cccc2cccnc12)C1CC1. The molecule has 1 heterocycles. The van der Waals surface area contributed by atoms with Gasteiger partial charge in [-0.1, -0.05) is 18.2 Å². The van der Waals surface area contributed by atoms with Gasteiger partial charge in [0.25, 0.3) is 5.91 Å². The molecule has 5 nitrogen and oxygen atoms in total. The van der Waals surface area contributed by atoms with Crippen molar-refractivity contribution in [1.82, 2.24) is 10.3 Å². The van der Waals surface area contributed by atoms with Crippen LogP contribution in [0.2, 0.25) is 0 Å². The largest absolute Gasteiger partial charge is 0.481 e. The van der Waals surface area contributed by atoms with Gasteiger partial charge in [-0.15, -0.1) is 0 Å². The van der Waals surface area contributed by atoms with Crippen molar-refractivity contribution in [2.45, 2.75) is 25.3 Å². The normalized spacial score (nSPS) is 15.6. The van der Waals surface area contributed by atoms with Gasteiger partial charge in [-0.25, -0.2) is 0 Å². The van der Waals surface area contributed by atoms with Crippen LogP contribution in [0.25, 0.3) is 10.9 Å². The summed E-state index contributed by atoms with van der Waals surface area (Å²) in [5.74, 6) is -0.853. The fourth-order valence-electron chi connectivity index (χ4n) is 2.56. The number of carboxylic acid groups (broad SMARTS) is 1. The first-order valence-electron chi connectivity index (χ1n) is 7.01. The third-order valence-corrected chi connectivity index (χ3v) is 3.78. The van der Waals surface area contributed by atoms with Crippen LogP contribution in [0.3, 0.4) is 0 Å². The summed E-state index contributed by atoms with van der Waals surface area (Å²) in [4.78, 5) is 27.6. The lowest BCUT2D eigenvalue weighted by atomic mass is 10.1. The zero-order valence-electron chi connectivity index (χ0n) is 11.5. The maximum absolute atomic E-state index is 12.4. The maximum Gasteiger partial charge on any atom is 0.305 e. The molecule has 0 spiro atoms. The van der Waals surface area contributed by atoms with Crippen LogP contribution >= 0.6 is 0 Å². The molecular weight excluding hydrogens is 268 g/mol. The van der Waals surface area contributed by atoms with E-state index >= 15 is 0 Å². The topological polar surface area (TPSA) is 79.3 Å². The molecule has 1 fully saturated rings. The fraction of sp³-hybridized carbons (Fsp3) is 0.312. The first kappa shape index (κ1) is 13.5. The summed E-state index contributed by atoms with van der Waals surface area (Å²) < 4.78 is 0. The molecule has 3 rings (SSSR count). The minimum Gasteiger partial charge on any atom is -0.481 e. The van der Waals surface area contributed by atoms with E-state index in [1.807, 2.05) is 24.3 Å². The second kappa shape index (κ2) is 5.52. The number of amides is 1. The number of carboxylic acids is 1. The number of para-hydroxylation sites is 1. The van der Waals surface area contributed by atoms with Crippen molar-refractivity contribution in [3.05, 3.63) is 42.1 Å². The lowest BCUT2D eigenvalue weighted by molar-refractivity contribution is -0.137. The van der Waals surface area contributed by atoms with E-state index in [2.05, 4.69) is 10.3 Å². The number of nitrogens with zero attached hydrogens (tertiary/aromatic N) is 1. The summed E-state index contributed by atoms with van der Waals surface area (Å²) in [6, 6.07) is 8.84. The summed E-state index contributed by atoms with van der Waals surface area (Å²) in [7, 11) is 0. The molecule has 0 radical (unpaired) electrons. The number of carbonyl (C=O) groups is 2. The molecular formula is C16H16N2O3. The predicted molar refractivity (Wildman–Crippen MR) is 78.0 cm³/mol. The standard InChI is InChI=1S/C16H16N2O3/c19-14(20)9-13(10-6-7-10)18-16(21)12-5-1-3-11-4-2-8-17-15(11)12/h1-5,8,10,13H,6-7,9H2,(H,18,21)(H,19,20). The summed E-state index contributed by atoms with van der Waals surface area (Å²) in [6.45, 7) is 0. The van der Waals surface area contributed by atoms with E-state index in [0.717, 1.165) is 18.2 Å². The molecule has 1 aliphatic rings. The Bertz CT molecular complexity index is 689. The maximum atomic E-state index is 12.4. The van der Waals surface area contributed by atoms with E-state index < -0.39 is 5.97 Å². The van der Waals surface area contributed by atoms with Gasteiger partial charge in [0.1, 0.15) is 0 Å². The number of aromatic nitrogens is 1. The van der Waals surface area contributed by atoms with Crippen molar-refractivity contribution in [3.8, 4) is 0 Å². The summed E-state index contributed by atoms with van der Waals surface area (Å²) in [6.07, 6.45) is 3.57. The minimum atomic E-state index is -0.886. The zero-order valence-corrected chi connectivity index (χ0v) is 11.5. The van der Waals surface area contributed by atoms with Crippen molar-refractivity contribution in [3.63, 3.8) is 0 Å². The lowest BCUT2D eigenvalue weighted by Crippen LogP contribution is -2.38. The van der Waals surface area contributed by atoms with Crippen molar-refractivity contribution < 1.29 is 14.7 Å². The number of nitrogens with one attached hydrogen (secondary N) is 1. The van der Waals surface area contributed by atoms with Crippen LogP contribution in [0.1, 0.15) is 29.6 Å². The highest BCUT2D eigenvalue weighted by atomic mass is 16.4. The first-order valence-corrected chi connectivity index (χ1v) is 7.01. The number of hydrogen-bond donors (Lipinski definition) is 2. The van der Waals surface area contributed by atoms with Crippen molar-refractivity contribution >= 4 is 22.8 Å². The molecule has 0 bridgehead atoms. The Morgan fingerprint density at radius 2 is 2.05 bits per heavy atom. The Hall–Kier alpha value is -2.43. The molecule has 108 valence electrons. The molecule has 1 aromatic carbocycles. The molecule has 1 unspecified atom stereocenters. The molecule has 1 amide bonds. The first-order chi connectivity index (χ1) is 10.1. The average Bonchev–Trinajstić information content (AvgIpc) is 3.30. The fourth-order valence-corrected chi connectivity index (χ4v) is 2.56. The molecule has 1 saturated carbocycles. The van der Waals surface area contributed by atoms with Crippen LogP contribution < -0.4 is 5.32 Å². The van der Waals surface area contributed by atoms with Gasteiger partial charge in [0.2, 0.25) is 0 Å². The van der Waals surface area contributed by atoms with Crippen LogP contribution in [0.15, 0.2) is 36.5 Å². The molecule has 2 N–H and O–H groups in total. The second-order valence-electron chi connectivity index (χ2n) is 5.40. The monoisotopic (exact) mass is 284 g/mol. The van der Waals surface area contributed by atoms with Crippen LogP contribution in [0.4, 0.5) is 0 Å². The highest BCUT2D eigenvalue weighted by Gasteiger charge is 2.34. The quantitative estimate of drug-likeness (QED) is 0.882. The molecule has 0 saturated heterocycles. The van der Waals surface area contributed by atoms with Gasteiger partial charge < -0.3 is 10.4 Å². The number of fused-ring (bicyclic) bond motifs is 1. The molecule has 1 aliphatic carbocycles. The average molecular weight is 284 g/mol. The minimum absolute atomic E-state index is 0.0331. The zero-order chi connectivity index (χ0) is 14.8. The number of benzene rings is 1. The molecule has 0 aliphatic heterocycles. The second-order valence-corrected chi connectivity index (χ2v) is 5.40. The van der Waals surface area contributed by atoms with Gasteiger partial charge >= 0.3 is 5.97 Å². The van der Waals surface area contributed by atoms with E-state index in [0.29, 0.717) is 11.1 Å². The Morgan fingerprint density at radius 3 is 2.76 bits per heavy atom. The molecule has 1 atom stereocenters. The number of pyridine rings is 1. The summed E-state index contributed by atoms with van der Waals surface area (Å²) in [5.41, 5.74) is 1.13. The van der Waals surface area contributed by atoms with Gasteiger partial charge in [-0.05, 0) is 30.9 Å². The van der Waals surface area contributed by atoms with Crippen LogP contribution in [-0.2, 0) is 4.79 Å². The van der Waals surface area contributed by atoms with Crippen LogP contribution in [0.5, 0.6) is 0 Å². The van der Waals surface area contributed by atoms with Gasteiger partial charge in [-0.3, -0.25) is 14.6 Å². The number of carbonyl (C=O) groups excluding carboxylic acids is 1. The Balaban J connectivity index is 1.84. The molecule has 1 aromatic heterocycles. The number of hydrogen-bond acceptors (Lipinski definition) is 3. The van der Waals surface area contributed by atoms with E-state index in [-0.39, 0.29) is 24.3 Å². The molecule has 5 heteroatoms. The lowest BCUT2D eigenvalue weighted by Gasteiger charge is -2.16. The van der Waals surface area contributed by atoms with E-state index in [9.17, 15) is 9.59 Å². The van der Waals surface area contributed by atoms with Crippen molar-refractivity contribution in [2.24, 2.45) is 5.92 Å². The van der Waals surface area contributed by atoms with Crippen LogP contribution in [-0.4, -0.2) is 28.0 Å². The van der Waals surface area contributed by atoms with Crippen molar-refractivity contribution in [2.75, 3.05) is 0 Å². The number of rotatable bonds is 5. The van der Waals surface area contributed by atoms with Gasteiger partial charge in [0.15, 0.2) is 0 Å². The van der Waals surface area contributed by atoms with Crippen molar-refractivity contribution in [1.29, 1.82) is 0 Å². The summed E-state index contributed by atoms with van der Waals surface area (Å²) >= 11 is 0.